The number of rotatable bonds is 3. The monoisotopic (exact) mass is 220 g/mol. The van der Waals surface area contributed by atoms with Crippen LogP contribution in [0.1, 0.15) is 22.9 Å². The lowest BCUT2D eigenvalue weighted by Gasteiger charge is -2.15. The molecule has 4 heteroatoms. The second-order valence-electron chi connectivity index (χ2n) is 3.59. The Labute approximate surface area is 93.3 Å². The molecule has 0 saturated heterocycles. The Bertz CT molecular complexity index is 481. The smallest absolute Gasteiger partial charge is 0.141 e. The minimum absolute atomic E-state index is 0.0954. The fourth-order valence-electron chi connectivity index (χ4n) is 1.78. The van der Waals surface area contributed by atoms with Gasteiger partial charge in [0, 0.05) is 11.8 Å². The largest absolute Gasteiger partial charge is 0.469 e. The van der Waals surface area contributed by atoms with Crippen LogP contribution in [0, 0.1) is 12.7 Å². The van der Waals surface area contributed by atoms with Gasteiger partial charge in [0.15, 0.2) is 0 Å². The third kappa shape index (κ3) is 1.97. The topological polar surface area (TPSA) is 38.1 Å². The van der Waals surface area contributed by atoms with Gasteiger partial charge in [-0.1, -0.05) is 0 Å². The van der Waals surface area contributed by atoms with Gasteiger partial charge >= 0.3 is 0 Å². The van der Waals surface area contributed by atoms with Gasteiger partial charge in [-0.3, -0.25) is 4.98 Å². The predicted molar refractivity (Wildman–Crippen MR) is 58.5 cm³/mol. The molecule has 0 spiro atoms. The van der Waals surface area contributed by atoms with E-state index in [1.165, 1.54) is 12.3 Å². The molecular formula is C12H13FN2O. The van der Waals surface area contributed by atoms with Gasteiger partial charge < -0.3 is 9.73 Å². The second kappa shape index (κ2) is 4.45. The van der Waals surface area contributed by atoms with Gasteiger partial charge in [0.05, 0.1) is 18.5 Å². The summed E-state index contributed by atoms with van der Waals surface area (Å²) >= 11 is 0. The quantitative estimate of drug-likeness (QED) is 0.863. The summed E-state index contributed by atoms with van der Waals surface area (Å²) in [5, 5.41) is 3.12. The van der Waals surface area contributed by atoms with E-state index < -0.39 is 0 Å². The van der Waals surface area contributed by atoms with E-state index in [9.17, 15) is 4.39 Å². The molecule has 2 rings (SSSR count). The molecule has 2 heterocycles. The SMILES string of the molecule is CNC(c1cncc(F)c1)c1ccoc1C. The van der Waals surface area contributed by atoms with Gasteiger partial charge in [0.2, 0.25) is 0 Å². The molecule has 1 unspecified atom stereocenters. The number of halogens is 1. The Morgan fingerprint density at radius 1 is 1.44 bits per heavy atom. The van der Waals surface area contributed by atoms with Gasteiger partial charge in [-0.15, -0.1) is 0 Å². The lowest BCUT2D eigenvalue weighted by molar-refractivity contribution is 0.522. The Kier molecular flexibility index (Phi) is 3.01. The molecule has 84 valence electrons. The molecule has 1 atom stereocenters. The molecule has 2 aromatic heterocycles. The van der Waals surface area contributed by atoms with Crippen molar-refractivity contribution in [3.63, 3.8) is 0 Å². The average Bonchev–Trinajstić information content (AvgIpc) is 2.67. The van der Waals surface area contributed by atoms with Crippen LogP contribution in [0.4, 0.5) is 4.39 Å². The number of furan rings is 1. The zero-order chi connectivity index (χ0) is 11.5. The van der Waals surface area contributed by atoms with E-state index in [1.54, 1.807) is 12.5 Å². The van der Waals surface area contributed by atoms with Crippen molar-refractivity contribution in [2.24, 2.45) is 0 Å². The third-order valence-electron chi connectivity index (χ3n) is 2.56. The fraction of sp³-hybridized carbons (Fsp3) is 0.250. The molecule has 2 aromatic rings. The molecule has 3 nitrogen and oxygen atoms in total. The standard InChI is InChI=1S/C12H13FN2O/c1-8-11(3-4-16-8)12(14-2)9-5-10(13)7-15-6-9/h3-7,12,14H,1-2H3. The van der Waals surface area contributed by atoms with Gasteiger partial charge in [0.25, 0.3) is 0 Å². The van der Waals surface area contributed by atoms with Gasteiger partial charge in [-0.2, -0.15) is 0 Å². The number of hydrogen-bond acceptors (Lipinski definition) is 3. The van der Waals surface area contributed by atoms with Crippen LogP contribution < -0.4 is 5.32 Å². The Hall–Kier alpha value is -1.68. The van der Waals surface area contributed by atoms with Crippen molar-refractivity contribution in [1.29, 1.82) is 0 Å². The van der Waals surface area contributed by atoms with Crippen molar-refractivity contribution in [3.8, 4) is 0 Å². The van der Waals surface area contributed by atoms with Crippen molar-refractivity contribution in [3.05, 3.63) is 53.5 Å². The minimum Gasteiger partial charge on any atom is -0.469 e. The van der Waals surface area contributed by atoms with Gasteiger partial charge in [-0.25, -0.2) is 4.39 Å². The number of aromatic nitrogens is 1. The first-order valence-corrected chi connectivity index (χ1v) is 5.04. The van der Waals surface area contributed by atoms with E-state index in [2.05, 4.69) is 10.3 Å². The summed E-state index contributed by atoms with van der Waals surface area (Å²) in [6, 6.07) is 3.25. The highest BCUT2D eigenvalue weighted by atomic mass is 19.1. The summed E-state index contributed by atoms with van der Waals surface area (Å²) in [6.07, 6.45) is 4.47. The predicted octanol–water partition coefficient (Wildman–Crippen LogP) is 2.43. The van der Waals surface area contributed by atoms with Crippen molar-refractivity contribution in [2.45, 2.75) is 13.0 Å². The summed E-state index contributed by atoms with van der Waals surface area (Å²) < 4.78 is 18.3. The molecule has 0 aliphatic carbocycles. The number of nitrogens with zero attached hydrogens (tertiary/aromatic N) is 1. The van der Waals surface area contributed by atoms with Crippen molar-refractivity contribution in [2.75, 3.05) is 7.05 Å². The molecule has 0 saturated carbocycles. The normalized spacial score (nSPS) is 12.7. The van der Waals surface area contributed by atoms with Gasteiger partial charge in [0.1, 0.15) is 11.6 Å². The van der Waals surface area contributed by atoms with Crippen molar-refractivity contribution in [1.82, 2.24) is 10.3 Å². The van der Waals surface area contributed by atoms with Crippen LogP contribution in [0.15, 0.2) is 35.2 Å². The maximum absolute atomic E-state index is 13.1. The van der Waals surface area contributed by atoms with Crippen molar-refractivity contribution >= 4 is 0 Å². The number of aryl methyl sites for hydroxylation is 1. The van der Waals surface area contributed by atoms with Crippen LogP contribution in [-0.4, -0.2) is 12.0 Å². The van der Waals surface area contributed by atoms with Gasteiger partial charge in [-0.05, 0) is 31.7 Å². The van der Waals surface area contributed by atoms with Crippen LogP contribution >= 0.6 is 0 Å². The van der Waals surface area contributed by atoms with Crippen LogP contribution in [0.5, 0.6) is 0 Å². The minimum atomic E-state index is -0.334. The van der Waals surface area contributed by atoms with Crippen molar-refractivity contribution < 1.29 is 8.81 Å². The second-order valence-corrected chi connectivity index (χ2v) is 3.59. The van der Waals surface area contributed by atoms with Crippen LogP contribution in [-0.2, 0) is 0 Å². The molecule has 1 N–H and O–H groups in total. The Morgan fingerprint density at radius 2 is 2.25 bits per heavy atom. The molecule has 0 aliphatic heterocycles. The number of hydrogen-bond donors (Lipinski definition) is 1. The van der Waals surface area contributed by atoms with E-state index in [0.29, 0.717) is 0 Å². The third-order valence-corrected chi connectivity index (χ3v) is 2.56. The summed E-state index contributed by atoms with van der Waals surface area (Å²) in [7, 11) is 1.82. The molecular weight excluding hydrogens is 207 g/mol. The van der Waals surface area contributed by atoms with E-state index in [4.69, 9.17) is 4.42 Å². The molecule has 16 heavy (non-hydrogen) atoms. The summed E-state index contributed by atoms with van der Waals surface area (Å²) in [4.78, 5) is 3.85. The van der Waals surface area contributed by atoms with E-state index >= 15 is 0 Å². The first-order valence-electron chi connectivity index (χ1n) is 5.04. The maximum Gasteiger partial charge on any atom is 0.141 e. The number of pyridine rings is 1. The highest BCUT2D eigenvalue weighted by Gasteiger charge is 2.16. The molecule has 0 fully saturated rings. The first-order chi connectivity index (χ1) is 7.72. The molecule has 0 radical (unpaired) electrons. The lowest BCUT2D eigenvalue weighted by Crippen LogP contribution is -2.18. The molecule has 0 amide bonds. The zero-order valence-corrected chi connectivity index (χ0v) is 9.20. The van der Waals surface area contributed by atoms with Crippen LogP contribution in [0.25, 0.3) is 0 Å². The van der Waals surface area contributed by atoms with E-state index in [1.807, 2.05) is 20.0 Å². The van der Waals surface area contributed by atoms with E-state index in [-0.39, 0.29) is 11.9 Å². The fourth-order valence-corrected chi connectivity index (χ4v) is 1.78. The van der Waals surface area contributed by atoms with Crippen LogP contribution in [0.2, 0.25) is 0 Å². The molecule has 0 aromatic carbocycles. The Balaban J connectivity index is 2.40. The summed E-state index contributed by atoms with van der Waals surface area (Å²) in [5.74, 6) is 0.488. The summed E-state index contributed by atoms with van der Waals surface area (Å²) in [5.41, 5.74) is 1.78. The number of nitrogens with one attached hydrogen (secondary N) is 1. The summed E-state index contributed by atoms with van der Waals surface area (Å²) in [6.45, 7) is 1.88. The molecule has 0 aliphatic rings. The highest BCUT2D eigenvalue weighted by molar-refractivity contribution is 5.31. The lowest BCUT2D eigenvalue weighted by atomic mass is 10.0. The zero-order valence-electron chi connectivity index (χ0n) is 9.20. The molecule has 0 bridgehead atoms. The maximum atomic E-state index is 13.1. The Morgan fingerprint density at radius 3 is 2.81 bits per heavy atom. The highest BCUT2D eigenvalue weighted by Crippen LogP contribution is 2.24. The first kappa shape index (κ1) is 10.8. The van der Waals surface area contributed by atoms with Crippen LogP contribution in [0.3, 0.4) is 0 Å². The average molecular weight is 220 g/mol. The van der Waals surface area contributed by atoms with E-state index in [0.717, 1.165) is 16.9 Å².